The maximum absolute atomic E-state index is 5.61. The number of hydrogen-bond donors (Lipinski definition) is 1. The summed E-state index contributed by atoms with van der Waals surface area (Å²) < 4.78 is 4.99. The zero-order chi connectivity index (χ0) is 10.5. The Morgan fingerprint density at radius 1 is 1.27 bits per heavy atom. The second-order valence-corrected chi connectivity index (χ2v) is 5.17. The Hall–Kier alpha value is -1.07. The highest BCUT2D eigenvalue weighted by atomic mass is 32.2. The van der Waals surface area contributed by atoms with Gasteiger partial charge in [-0.25, -0.2) is 4.98 Å². The van der Waals surface area contributed by atoms with Crippen LogP contribution in [0.15, 0.2) is 34.9 Å². The Balaban J connectivity index is 1.81. The Labute approximate surface area is 96.9 Å². The van der Waals surface area contributed by atoms with Gasteiger partial charge >= 0.3 is 0 Å². The fourth-order valence-electron chi connectivity index (χ4n) is 1.17. The van der Waals surface area contributed by atoms with Crippen molar-refractivity contribution in [2.45, 2.75) is 10.8 Å². The van der Waals surface area contributed by atoms with E-state index in [0.29, 0.717) is 0 Å². The van der Waals surface area contributed by atoms with Crippen LogP contribution in [0.4, 0.5) is 5.69 Å². The lowest BCUT2D eigenvalue weighted by molar-refractivity contribution is 1.14. The van der Waals surface area contributed by atoms with Crippen LogP contribution >= 0.6 is 23.3 Å². The summed E-state index contributed by atoms with van der Waals surface area (Å²) >= 11 is 3.18. The monoisotopic (exact) mass is 237 g/mol. The maximum Gasteiger partial charge on any atom is 0.169 e. The quantitative estimate of drug-likeness (QED) is 0.655. The first-order valence-corrected chi connectivity index (χ1v) is 6.34. The fourth-order valence-corrected chi connectivity index (χ4v) is 2.67. The lowest BCUT2D eigenvalue weighted by Crippen LogP contribution is -1.89. The lowest BCUT2D eigenvalue weighted by Gasteiger charge is -2.00. The molecule has 0 fully saturated rings. The first-order valence-electron chi connectivity index (χ1n) is 4.58. The molecule has 1 aromatic heterocycles. The summed E-state index contributed by atoms with van der Waals surface area (Å²) in [5, 5.41) is 0. The molecule has 0 aliphatic heterocycles. The lowest BCUT2D eigenvalue weighted by atomic mass is 10.2. The first kappa shape index (κ1) is 10.4. The molecular formula is C10H11N3S2. The summed E-state index contributed by atoms with van der Waals surface area (Å²) in [6, 6.07) is 8.00. The van der Waals surface area contributed by atoms with Gasteiger partial charge in [-0.15, -0.1) is 0 Å². The van der Waals surface area contributed by atoms with E-state index in [-0.39, 0.29) is 0 Å². The number of aryl methyl sites for hydroxylation is 1. The number of nitrogen functional groups attached to an aromatic ring is 1. The highest BCUT2D eigenvalue weighted by molar-refractivity contribution is 8.00. The van der Waals surface area contributed by atoms with Crippen molar-refractivity contribution in [1.29, 1.82) is 0 Å². The summed E-state index contributed by atoms with van der Waals surface area (Å²) in [6.45, 7) is 0. The van der Waals surface area contributed by atoms with Gasteiger partial charge in [0, 0.05) is 11.4 Å². The summed E-state index contributed by atoms with van der Waals surface area (Å²) in [5.74, 6) is 1.03. The van der Waals surface area contributed by atoms with Crippen LogP contribution in [0.1, 0.15) is 5.56 Å². The molecular weight excluding hydrogens is 226 g/mol. The van der Waals surface area contributed by atoms with Gasteiger partial charge in [0.1, 0.15) is 6.33 Å². The molecule has 0 saturated heterocycles. The van der Waals surface area contributed by atoms with Crippen molar-refractivity contribution in [2.24, 2.45) is 0 Å². The van der Waals surface area contributed by atoms with E-state index in [1.165, 1.54) is 17.1 Å². The van der Waals surface area contributed by atoms with Crippen LogP contribution in [0, 0.1) is 0 Å². The van der Waals surface area contributed by atoms with Crippen molar-refractivity contribution in [1.82, 2.24) is 9.36 Å². The molecule has 1 aromatic carbocycles. The minimum atomic E-state index is 0.815. The smallest absolute Gasteiger partial charge is 0.169 e. The first-order chi connectivity index (χ1) is 7.34. The van der Waals surface area contributed by atoms with Crippen LogP contribution in [0.2, 0.25) is 0 Å². The number of aromatic nitrogens is 2. The van der Waals surface area contributed by atoms with Gasteiger partial charge in [-0.2, -0.15) is 4.37 Å². The number of nitrogens with zero attached hydrogens (tertiary/aromatic N) is 2. The molecule has 2 aromatic rings. The molecule has 3 nitrogen and oxygen atoms in total. The van der Waals surface area contributed by atoms with Crippen LogP contribution in [0.25, 0.3) is 0 Å². The standard InChI is InChI=1S/C10H11N3S2/c11-9-3-1-8(2-4-9)5-6-14-10-12-7-13-15-10/h1-4,7H,5-6,11H2. The van der Waals surface area contributed by atoms with Crippen molar-refractivity contribution < 1.29 is 0 Å². The van der Waals surface area contributed by atoms with Gasteiger partial charge in [0.25, 0.3) is 0 Å². The van der Waals surface area contributed by atoms with Gasteiger partial charge in [0.05, 0.1) is 0 Å². The molecule has 0 unspecified atom stereocenters. The molecule has 0 saturated carbocycles. The molecule has 2 N–H and O–H groups in total. The van der Waals surface area contributed by atoms with Crippen molar-refractivity contribution >= 4 is 29.0 Å². The van der Waals surface area contributed by atoms with Crippen molar-refractivity contribution in [3.05, 3.63) is 36.2 Å². The molecule has 15 heavy (non-hydrogen) atoms. The molecule has 0 aliphatic rings. The number of benzene rings is 1. The normalized spacial score (nSPS) is 10.4. The van der Waals surface area contributed by atoms with E-state index in [2.05, 4.69) is 21.5 Å². The summed E-state index contributed by atoms with van der Waals surface area (Å²) in [5.41, 5.74) is 7.73. The van der Waals surface area contributed by atoms with Gasteiger partial charge in [0.15, 0.2) is 4.34 Å². The minimum Gasteiger partial charge on any atom is -0.399 e. The predicted octanol–water partition coefficient (Wildman–Crippen LogP) is 2.46. The Morgan fingerprint density at radius 3 is 2.73 bits per heavy atom. The molecule has 0 radical (unpaired) electrons. The summed E-state index contributed by atoms with van der Waals surface area (Å²) in [6.07, 6.45) is 2.63. The van der Waals surface area contributed by atoms with Crippen molar-refractivity contribution in [3.8, 4) is 0 Å². The third-order valence-electron chi connectivity index (χ3n) is 1.94. The summed E-state index contributed by atoms with van der Waals surface area (Å²) in [7, 11) is 0. The number of thioether (sulfide) groups is 1. The third kappa shape index (κ3) is 3.21. The van der Waals surface area contributed by atoms with Crippen molar-refractivity contribution in [3.63, 3.8) is 0 Å². The van der Waals surface area contributed by atoms with Crippen LogP contribution in [-0.4, -0.2) is 15.1 Å². The van der Waals surface area contributed by atoms with E-state index < -0.39 is 0 Å². The zero-order valence-electron chi connectivity index (χ0n) is 8.09. The van der Waals surface area contributed by atoms with E-state index in [0.717, 1.165) is 22.2 Å². The predicted molar refractivity (Wildman–Crippen MR) is 65.2 cm³/mol. The minimum absolute atomic E-state index is 0.815. The second kappa shape index (κ2) is 5.14. The molecule has 1 heterocycles. The molecule has 0 amide bonds. The number of nitrogens with two attached hydrogens (primary N) is 1. The highest BCUT2D eigenvalue weighted by Crippen LogP contribution is 2.19. The van der Waals surface area contributed by atoms with E-state index in [4.69, 9.17) is 5.73 Å². The van der Waals surface area contributed by atoms with Gasteiger partial charge in [-0.05, 0) is 35.6 Å². The Kier molecular flexibility index (Phi) is 3.58. The van der Waals surface area contributed by atoms with E-state index in [1.54, 1.807) is 18.1 Å². The van der Waals surface area contributed by atoms with Crippen LogP contribution < -0.4 is 5.73 Å². The number of anilines is 1. The third-order valence-corrected chi connectivity index (χ3v) is 3.74. The van der Waals surface area contributed by atoms with E-state index >= 15 is 0 Å². The average Bonchev–Trinajstić information content (AvgIpc) is 2.74. The highest BCUT2D eigenvalue weighted by Gasteiger charge is 1.98. The summed E-state index contributed by atoms with van der Waals surface area (Å²) in [4.78, 5) is 4.11. The number of hydrogen-bond acceptors (Lipinski definition) is 5. The van der Waals surface area contributed by atoms with Crippen LogP contribution in [0.3, 0.4) is 0 Å². The largest absolute Gasteiger partial charge is 0.399 e. The molecule has 2 rings (SSSR count). The topological polar surface area (TPSA) is 51.8 Å². The van der Waals surface area contributed by atoms with E-state index in [1.807, 2.05) is 12.1 Å². The van der Waals surface area contributed by atoms with Crippen molar-refractivity contribution in [2.75, 3.05) is 11.5 Å². The average molecular weight is 237 g/mol. The maximum atomic E-state index is 5.61. The SMILES string of the molecule is Nc1ccc(CCSc2ncns2)cc1. The van der Waals surface area contributed by atoms with E-state index in [9.17, 15) is 0 Å². The fraction of sp³-hybridized carbons (Fsp3) is 0.200. The second-order valence-electron chi connectivity index (χ2n) is 3.05. The van der Waals surface area contributed by atoms with Gasteiger partial charge < -0.3 is 5.73 Å². The molecule has 0 aliphatic carbocycles. The molecule has 0 bridgehead atoms. The van der Waals surface area contributed by atoms with Gasteiger partial charge in [0.2, 0.25) is 0 Å². The van der Waals surface area contributed by atoms with Gasteiger partial charge in [-0.3, -0.25) is 0 Å². The van der Waals surface area contributed by atoms with Gasteiger partial charge in [-0.1, -0.05) is 23.9 Å². The zero-order valence-corrected chi connectivity index (χ0v) is 9.72. The molecule has 0 atom stereocenters. The van der Waals surface area contributed by atoms with Crippen LogP contribution in [0.5, 0.6) is 0 Å². The van der Waals surface area contributed by atoms with Crippen LogP contribution in [-0.2, 0) is 6.42 Å². The molecule has 0 spiro atoms. The molecule has 78 valence electrons. The number of rotatable bonds is 4. The Morgan fingerprint density at radius 2 is 2.07 bits per heavy atom. The Bertz CT molecular complexity index is 397. The molecule has 5 heteroatoms.